The number of hydrogen-bond donors (Lipinski definition) is 0. The molecule has 0 aliphatic carbocycles. The predicted octanol–water partition coefficient (Wildman–Crippen LogP) is 1.69. The summed E-state index contributed by atoms with van der Waals surface area (Å²) in [4.78, 5) is 12.6. The third-order valence-corrected chi connectivity index (χ3v) is 0.691. The van der Waals surface area contributed by atoms with Crippen LogP contribution in [0.4, 0.5) is 0 Å². The maximum absolute atomic E-state index is 10.6. The third-order valence-electron chi connectivity index (χ3n) is 0.691. The molecule has 0 rings (SSSR count). The maximum Gasteiger partial charge on any atom is 0.333 e. The van der Waals surface area contributed by atoms with Gasteiger partial charge in [-0.1, -0.05) is 6.58 Å². The van der Waals surface area contributed by atoms with E-state index >= 15 is 0 Å². The van der Waals surface area contributed by atoms with Crippen LogP contribution in [0.25, 0.3) is 0 Å². The summed E-state index contributed by atoms with van der Waals surface area (Å²) in [6.45, 7) is 8.68. The molecule has 0 aromatic carbocycles. The van der Waals surface area contributed by atoms with Gasteiger partial charge in [-0.15, -0.1) is 0 Å². The van der Waals surface area contributed by atoms with Crippen molar-refractivity contribution in [3.05, 3.63) is 12.2 Å². The normalized spacial score (nSPS) is 9.23. The summed E-state index contributed by atoms with van der Waals surface area (Å²) >= 11 is 0. The Kier molecular flexibility index (Phi) is 8.81. The van der Waals surface area contributed by atoms with E-state index in [0.717, 1.165) is 0 Å². The summed E-state index contributed by atoms with van der Waals surface area (Å²) in [5.74, 6) is -0.315. The highest BCUT2D eigenvalue weighted by Crippen LogP contribution is 1.95. The van der Waals surface area contributed by atoms with Crippen LogP contribution in [-0.2, 0) is 9.53 Å². The monoisotopic (exact) mass is 187 g/mol. The number of hydrogen-bond acceptors (Lipinski definition) is 3. The molecule has 78 valence electrons. The van der Waals surface area contributed by atoms with Crippen molar-refractivity contribution in [1.82, 2.24) is 4.90 Å². The minimum atomic E-state index is -0.315. The SMILES string of the molecule is C=C(C)C(=O)OC(C)C.CN(C)C. The molecular formula is C10H21NO2. The van der Waals surface area contributed by atoms with E-state index in [1.165, 1.54) is 0 Å². The van der Waals surface area contributed by atoms with Crippen molar-refractivity contribution in [2.24, 2.45) is 0 Å². The fourth-order valence-electron chi connectivity index (χ4n) is 0.315. The number of rotatable bonds is 2. The first kappa shape index (κ1) is 14.7. The Balaban J connectivity index is 0. The highest BCUT2D eigenvalue weighted by atomic mass is 16.5. The fourth-order valence-corrected chi connectivity index (χ4v) is 0.315. The van der Waals surface area contributed by atoms with Crippen molar-refractivity contribution in [2.75, 3.05) is 21.1 Å². The highest BCUT2D eigenvalue weighted by Gasteiger charge is 2.03. The summed E-state index contributed by atoms with van der Waals surface area (Å²) < 4.78 is 4.77. The van der Waals surface area contributed by atoms with E-state index in [1.54, 1.807) is 20.8 Å². The van der Waals surface area contributed by atoms with Gasteiger partial charge in [0.25, 0.3) is 0 Å². The summed E-state index contributed by atoms with van der Waals surface area (Å²) in [7, 11) is 6.00. The Morgan fingerprint density at radius 2 is 1.62 bits per heavy atom. The topological polar surface area (TPSA) is 29.5 Å². The van der Waals surface area contributed by atoms with Crippen LogP contribution in [0.5, 0.6) is 0 Å². The molecule has 0 saturated carbocycles. The van der Waals surface area contributed by atoms with Gasteiger partial charge in [0.2, 0.25) is 0 Å². The molecule has 0 amide bonds. The van der Waals surface area contributed by atoms with E-state index < -0.39 is 0 Å². The molecule has 13 heavy (non-hydrogen) atoms. The molecule has 0 N–H and O–H groups in total. The Hall–Kier alpha value is -0.830. The second kappa shape index (κ2) is 7.80. The highest BCUT2D eigenvalue weighted by molar-refractivity contribution is 5.87. The van der Waals surface area contributed by atoms with Crippen LogP contribution in [0, 0.1) is 0 Å². The molecule has 0 heterocycles. The molecule has 0 bridgehead atoms. The molecule has 3 nitrogen and oxygen atoms in total. The molecule has 0 unspecified atom stereocenters. The predicted molar refractivity (Wildman–Crippen MR) is 55.7 cm³/mol. The number of nitrogens with zero attached hydrogens (tertiary/aromatic N) is 1. The van der Waals surface area contributed by atoms with Crippen molar-refractivity contribution in [1.29, 1.82) is 0 Å². The Bertz CT molecular complexity index is 160. The molecule has 0 aromatic rings. The van der Waals surface area contributed by atoms with Crippen LogP contribution < -0.4 is 0 Å². The molecule has 0 aliphatic heterocycles. The van der Waals surface area contributed by atoms with Crippen LogP contribution >= 0.6 is 0 Å². The summed E-state index contributed by atoms with van der Waals surface area (Å²) in [6.07, 6.45) is -0.0470. The van der Waals surface area contributed by atoms with Gasteiger partial charge >= 0.3 is 5.97 Å². The molecule has 0 aliphatic rings. The molecule has 3 heteroatoms. The molecule has 0 radical (unpaired) electrons. The number of esters is 1. The van der Waals surface area contributed by atoms with Gasteiger partial charge in [0.1, 0.15) is 0 Å². The lowest BCUT2D eigenvalue weighted by Crippen LogP contribution is -2.11. The number of carbonyl (C=O) groups excluding carboxylic acids is 1. The Morgan fingerprint density at radius 1 is 1.31 bits per heavy atom. The van der Waals surface area contributed by atoms with Gasteiger partial charge in [0.15, 0.2) is 0 Å². The lowest BCUT2D eigenvalue weighted by Gasteiger charge is -2.05. The zero-order chi connectivity index (χ0) is 11.0. The van der Waals surface area contributed by atoms with Crippen molar-refractivity contribution in [3.63, 3.8) is 0 Å². The van der Waals surface area contributed by atoms with Gasteiger partial charge in [-0.05, 0) is 41.9 Å². The van der Waals surface area contributed by atoms with E-state index in [4.69, 9.17) is 4.74 Å². The number of carbonyl (C=O) groups is 1. The smallest absolute Gasteiger partial charge is 0.333 e. The largest absolute Gasteiger partial charge is 0.460 e. The second-order valence-corrected chi connectivity index (χ2v) is 3.58. The van der Waals surface area contributed by atoms with Crippen LogP contribution in [0.2, 0.25) is 0 Å². The molecule has 0 aromatic heterocycles. The van der Waals surface area contributed by atoms with Crippen molar-refractivity contribution in [2.45, 2.75) is 26.9 Å². The van der Waals surface area contributed by atoms with Crippen LogP contribution in [0.15, 0.2) is 12.2 Å². The zero-order valence-corrected chi connectivity index (χ0v) is 9.55. The molecular weight excluding hydrogens is 166 g/mol. The molecule has 0 saturated heterocycles. The summed E-state index contributed by atoms with van der Waals surface area (Å²) in [5, 5.41) is 0. The van der Waals surface area contributed by atoms with Gasteiger partial charge in [-0.2, -0.15) is 0 Å². The maximum atomic E-state index is 10.6. The van der Waals surface area contributed by atoms with Gasteiger partial charge in [-0.3, -0.25) is 0 Å². The first-order valence-corrected chi connectivity index (χ1v) is 4.24. The van der Waals surface area contributed by atoms with Gasteiger partial charge in [-0.25, -0.2) is 4.79 Å². The summed E-state index contributed by atoms with van der Waals surface area (Å²) in [5.41, 5.74) is 0.448. The van der Waals surface area contributed by atoms with Crippen molar-refractivity contribution in [3.8, 4) is 0 Å². The van der Waals surface area contributed by atoms with E-state index in [-0.39, 0.29) is 12.1 Å². The minimum absolute atomic E-state index is 0.0470. The summed E-state index contributed by atoms with van der Waals surface area (Å²) in [6, 6.07) is 0. The Labute approximate surface area is 81.4 Å². The van der Waals surface area contributed by atoms with Crippen LogP contribution in [-0.4, -0.2) is 38.1 Å². The lowest BCUT2D eigenvalue weighted by molar-refractivity contribution is -0.142. The third kappa shape index (κ3) is 18.3. The van der Waals surface area contributed by atoms with Gasteiger partial charge in [0, 0.05) is 5.57 Å². The molecule has 0 atom stereocenters. The van der Waals surface area contributed by atoms with Crippen LogP contribution in [0.1, 0.15) is 20.8 Å². The van der Waals surface area contributed by atoms with Gasteiger partial charge < -0.3 is 9.64 Å². The fraction of sp³-hybridized carbons (Fsp3) is 0.700. The number of ether oxygens (including phenoxy) is 1. The van der Waals surface area contributed by atoms with Gasteiger partial charge in [0.05, 0.1) is 6.10 Å². The van der Waals surface area contributed by atoms with E-state index in [9.17, 15) is 4.79 Å². The average Bonchev–Trinajstić information content (AvgIpc) is 1.83. The molecule has 0 fully saturated rings. The molecule has 0 spiro atoms. The zero-order valence-electron chi connectivity index (χ0n) is 9.55. The first-order chi connectivity index (χ1) is 5.77. The Morgan fingerprint density at radius 3 is 1.69 bits per heavy atom. The van der Waals surface area contributed by atoms with Crippen molar-refractivity contribution >= 4 is 5.97 Å². The van der Waals surface area contributed by atoms with E-state index in [1.807, 2.05) is 26.0 Å². The first-order valence-electron chi connectivity index (χ1n) is 4.24. The standard InChI is InChI=1S/C7H12O2.C3H9N/c1-5(2)7(8)9-6(3)4;1-4(2)3/h6H,1H2,2-4H3;1-3H3. The van der Waals surface area contributed by atoms with E-state index in [0.29, 0.717) is 5.57 Å². The van der Waals surface area contributed by atoms with Crippen LogP contribution in [0.3, 0.4) is 0 Å². The minimum Gasteiger partial charge on any atom is -0.460 e. The quantitative estimate of drug-likeness (QED) is 0.486. The van der Waals surface area contributed by atoms with Crippen molar-refractivity contribution < 1.29 is 9.53 Å². The lowest BCUT2D eigenvalue weighted by atomic mass is 10.3. The second-order valence-electron chi connectivity index (χ2n) is 3.58. The van der Waals surface area contributed by atoms with E-state index in [2.05, 4.69) is 6.58 Å². The average molecular weight is 187 g/mol.